The maximum Gasteiger partial charge on any atom is 0.265 e. The fourth-order valence-electron chi connectivity index (χ4n) is 3.01. The maximum atomic E-state index is 13.3. The summed E-state index contributed by atoms with van der Waals surface area (Å²) in [5.74, 6) is 1.84. The van der Waals surface area contributed by atoms with Crippen LogP contribution in [0.2, 0.25) is 0 Å². The molecule has 3 aromatic rings. The number of aromatic nitrogens is 2. The van der Waals surface area contributed by atoms with Gasteiger partial charge in [0, 0.05) is 12.2 Å². The average molecular weight is 430 g/mol. The van der Waals surface area contributed by atoms with Crippen LogP contribution in [0.25, 0.3) is 0 Å². The van der Waals surface area contributed by atoms with Crippen LogP contribution in [-0.4, -0.2) is 25.1 Å². The summed E-state index contributed by atoms with van der Waals surface area (Å²) in [5.41, 5.74) is 2.43. The van der Waals surface area contributed by atoms with Crippen LogP contribution in [-0.2, 0) is 16.6 Å². The number of sulfonamides is 1. The van der Waals surface area contributed by atoms with Crippen molar-refractivity contribution in [3.63, 3.8) is 0 Å². The number of hydrogen-bond acceptors (Lipinski definition) is 6. The molecule has 1 aromatic carbocycles. The van der Waals surface area contributed by atoms with E-state index < -0.39 is 10.0 Å². The zero-order valence-corrected chi connectivity index (χ0v) is 18.7. The molecule has 0 fully saturated rings. The van der Waals surface area contributed by atoms with Gasteiger partial charge < -0.3 is 9.26 Å². The summed E-state index contributed by atoms with van der Waals surface area (Å²) >= 11 is 0. The van der Waals surface area contributed by atoms with Gasteiger partial charge in [0.2, 0.25) is 0 Å². The van der Waals surface area contributed by atoms with Crippen LogP contribution < -0.4 is 9.04 Å². The minimum Gasteiger partial charge on any atom is -0.489 e. The van der Waals surface area contributed by atoms with Gasteiger partial charge in [0.1, 0.15) is 23.9 Å². The van der Waals surface area contributed by atoms with Crippen molar-refractivity contribution in [2.24, 2.45) is 5.92 Å². The van der Waals surface area contributed by atoms with Crippen LogP contribution in [0.4, 0.5) is 5.82 Å². The molecule has 2 heterocycles. The van der Waals surface area contributed by atoms with Crippen LogP contribution in [0.5, 0.6) is 5.75 Å². The highest BCUT2D eigenvalue weighted by Crippen LogP contribution is 2.26. The number of ether oxygens (including phenoxy) is 1. The highest BCUT2D eigenvalue weighted by atomic mass is 32.2. The molecule has 3 rings (SSSR count). The molecule has 2 aromatic heterocycles. The number of rotatable bonds is 8. The van der Waals surface area contributed by atoms with Crippen molar-refractivity contribution in [1.29, 1.82) is 0 Å². The Balaban J connectivity index is 1.83. The first-order valence-electron chi connectivity index (χ1n) is 9.79. The molecule has 0 aliphatic heterocycles. The van der Waals surface area contributed by atoms with Gasteiger partial charge in [-0.15, -0.1) is 0 Å². The number of pyridine rings is 1. The van der Waals surface area contributed by atoms with E-state index in [4.69, 9.17) is 9.26 Å². The lowest BCUT2D eigenvalue weighted by Crippen LogP contribution is -2.35. The molecule has 0 saturated carbocycles. The molecule has 0 bridgehead atoms. The minimum absolute atomic E-state index is 0.139. The monoisotopic (exact) mass is 429 g/mol. The smallest absolute Gasteiger partial charge is 0.265 e. The molecule has 0 amide bonds. The molecule has 0 aliphatic carbocycles. The molecule has 0 N–H and O–H groups in total. The average Bonchev–Trinajstić information content (AvgIpc) is 3.02. The van der Waals surface area contributed by atoms with Gasteiger partial charge in [0.05, 0.1) is 16.2 Å². The van der Waals surface area contributed by atoms with Crippen LogP contribution >= 0.6 is 0 Å². The molecular formula is C22H27N3O4S. The summed E-state index contributed by atoms with van der Waals surface area (Å²) in [6, 6.07) is 11.8. The van der Waals surface area contributed by atoms with E-state index in [1.165, 1.54) is 4.31 Å². The van der Waals surface area contributed by atoms with Gasteiger partial charge in [-0.2, -0.15) is 0 Å². The standard InChI is InChI=1S/C22H27N3O4S/c1-15(2)13-25(22-8-6-7-16(3)23-22)30(26,27)20-11-9-19(10-12-20)28-14-21-17(4)24-29-18(21)5/h6-12,15H,13-14H2,1-5H3. The predicted octanol–water partition coefficient (Wildman–Crippen LogP) is 4.43. The third-order valence-electron chi connectivity index (χ3n) is 4.64. The Bertz CT molecular complexity index is 1090. The molecule has 30 heavy (non-hydrogen) atoms. The Morgan fingerprint density at radius 3 is 2.33 bits per heavy atom. The largest absolute Gasteiger partial charge is 0.489 e. The van der Waals surface area contributed by atoms with Crippen LogP contribution in [0.3, 0.4) is 0 Å². The molecule has 0 aliphatic rings. The van der Waals surface area contributed by atoms with E-state index in [0.717, 1.165) is 17.0 Å². The van der Waals surface area contributed by atoms with Gasteiger partial charge in [-0.05, 0) is 63.1 Å². The van der Waals surface area contributed by atoms with Crippen LogP contribution in [0.1, 0.15) is 36.6 Å². The first kappa shape index (κ1) is 21.8. The third kappa shape index (κ3) is 4.81. The second-order valence-corrected chi connectivity index (χ2v) is 9.49. The fourth-order valence-corrected chi connectivity index (χ4v) is 4.59. The van der Waals surface area contributed by atoms with Crippen molar-refractivity contribution in [2.75, 3.05) is 10.8 Å². The summed E-state index contributed by atoms with van der Waals surface area (Å²) < 4.78 is 39.0. The van der Waals surface area contributed by atoms with Gasteiger partial charge in [-0.1, -0.05) is 25.1 Å². The molecule has 0 radical (unpaired) electrons. The number of benzene rings is 1. The van der Waals surface area contributed by atoms with Gasteiger partial charge in [-0.3, -0.25) is 0 Å². The highest BCUT2D eigenvalue weighted by molar-refractivity contribution is 7.92. The Labute approximate surface area is 177 Å². The molecule has 0 atom stereocenters. The summed E-state index contributed by atoms with van der Waals surface area (Å²) in [5, 5.41) is 3.91. The molecule has 160 valence electrons. The second kappa shape index (κ2) is 8.87. The van der Waals surface area contributed by atoms with Crippen molar-refractivity contribution >= 4 is 15.8 Å². The lowest BCUT2D eigenvalue weighted by atomic mass is 10.2. The second-order valence-electron chi connectivity index (χ2n) is 7.63. The first-order valence-corrected chi connectivity index (χ1v) is 11.2. The molecular weight excluding hydrogens is 402 g/mol. The summed E-state index contributed by atoms with van der Waals surface area (Å²) in [7, 11) is -3.76. The SMILES string of the molecule is Cc1cccc(N(CC(C)C)S(=O)(=O)c2ccc(OCc3c(C)noc3C)cc2)n1. The maximum absolute atomic E-state index is 13.3. The quantitative estimate of drug-likeness (QED) is 0.527. The predicted molar refractivity (Wildman–Crippen MR) is 115 cm³/mol. The van der Waals surface area contributed by atoms with Crippen molar-refractivity contribution in [1.82, 2.24) is 10.1 Å². The number of anilines is 1. The zero-order chi connectivity index (χ0) is 21.9. The minimum atomic E-state index is -3.76. The van der Waals surface area contributed by atoms with Crippen LogP contribution in [0, 0.1) is 26.7 Å². The highest BCUT2D eigenvalue weighted by Gasteiger charge is 2.27. The lowest BCUT2D eigenvalue weighted by Gasteiger charge is -2.25. The van der Waals surface area contributed by atoms with Crippen molar-refractivity contribution in [3.8, 4) is 5.75 Å². The topological polar surface area (TPSA) is 85.5 Å². The summed E-state index contributed by atoms with van der Waals surface area (Å²) in [4.78, 5) is 4.61. The normalized spacial score (nSPS) is 11.7. The fraction of sp³-hybridized carbons (Fsp3) is 0.364. The Kier molecular flexibility index (Phi) is 6.45. The van der Waals surface area contributed by atoms with Gasteiger partial charge in [-0.25, -0.2) is 17.7 Å². The number of nitrogens with zero attached hydrogens (tertiary/aromatic N) is 3. The third-order valence-corrected chi connectivity index (χ3v) is 6.42. The summed E-state index contributed by atoms with van der Waals surface area (Å²) in [6.07, 6.45) is 0. The molecule has 0 spiro atoms. The number of hydrogen-bond donors (Lipinski definition) is 0. The van der Waals surface area contributed by atoms with Gasteiger partial charge >= 0.3 is 0 Å². The van der Waals surface area contributed by atoms with E-state index in [1.54, 1.807) is 30.3 Å². The van der Waals surface area contributed by atoms with Gasteiger partial charge in [0.15, 0.2) is 0 Å². The van der Waals surface area contributed by atoms with Crippen molar-refractivity contribution < 1.29 is 17.7 Å². The zero-order valence-electron chi connectivity index (χ0n) is 17.9. The van der Waals surface area contributed by atoms with Crippen molar-refractivity contribution in [3.05, 3.63) is 65.2 Å². The van der Waals surface area contributed by atoms with E-state index in [0.29, 0.717) is 30.5 Å². The Hall–Kier alpha value is -2.87. The van der Waals surface area contributed by atoms with E-state index in [1.807, 2.05) is 46.8 Å². The molecule has 0 unspecified atom stereocenters. The Morgan fingerprint density at radius 2 is 1.77 bits per heavy atom. The molecule has 0 saturated heterocycles. The van der Waals surface area contributed by atoms with Gasteiger partial charge in [0.25, 0.3) is 10.0 Å². The molecule has 7 nitrogen and oxygen atoms in total. The lowest BCUT2D eigenvalue weighted by molar-refractivity contribution is 0.301. The molecule has 8 heteroatoms. The van der Waals surface area contributed by atoms with E-state index >= 15 is 0 Å². The Morgan fingerprint density at radius 1 is 1.07 bits per heavy atom. The van der Waals surface area contributed by atoms with Crippen LogP contribution in [0.15, 0.2) is 51.9 Å². The number of aryl methyl sites for hydroxylation is 3. The first-order chi connectivity index (χ1) is 14.2. The van der Waals surface area contributed by atoms with E-state index in [9.17, 15) is 8.42 Å². The van der Waals surface area contributed by atoms with E-state index in [2.05, 4.69) is 10.1 Å². The summed E-state index contributed by atoms with van der Waals surface area (Å²) in [6.45, 7) is 10.1. The van der Waals surface area contributed by atoms with Crippen molar-refractivity contribution in [2.45, 2.75) is 46.1 Å². The van der Waals surface area contributed by atoms with E-state index in [-0.39, 0.29) is 10.8 Å².